The second kappa shape index (κ2) is 3.69. The summed E-state index contributed by atoms with van der Waals surface area (Å²) in [6.07, 6.45) is 0.219. The van der Waals surface area contributed by atoms with Gasteiger partial charge in [0.2, 0.25) is 0 Å². The lowest BCUT2D eigenvalue weighted by atomic mass is 9.96. The highest BCUT2D eigenvalue weighted by molar-refractivity contribution is 5.77. The van der Waals surface area contributed by atoms with Crippen molar-refractivity contribution in [3.8, 4) is 0 Å². The van der Waals surface area contributed by atoms with Crippen molar-refractivity contribution in [1.29, 1.82) is 0 Å². The normalized spacial score (nSPS) is 18.9. The van der Waals surface area contributed by atoms with E-state index in [1.165, 1.54) is 6.92 Å². The highest BCUT2D eigenvalue weighted by Crippen LogP contribution is 2.10. The van der Waals surface area contributed by atoms with E-state index >= 15 is 0 Å². The highest BCUT2D eigenvalue weighted by atomic mass is 16.4. The summed E-state index contributed by atoms with van der Waals surface area (Å²) in [5, 5.41) is 17.4. The fourth-order valence-corrected chi connectivity index (χ4v) is 0.616. The number of hydrogen-bond donors (Lipinski definition) is 3. The Kier molecular flexibility index (Phi) is 3.48. The molecule has 0 aromatic heterocycles. The summed E-state index contributed by atoms with van der Waals surface area (Å²) in [5.74, 6) is -1.03. The largest absolute Gasteiger partial charge is 0.480 e. The summed E-state index contributed by atoms with van der Waals surface area (Å²) in [4.78, 5) is 10.4. The summed E-state index contributed by atoms with van der Waals surface area (Å²) in [6, 6.07) is 0. The molecule has 2 unspecified atom stereocenters. The lowest BCUT2D eigenvalue weighted by molar-refractivity contribution is -0.143. The Labute approximate surface area is 66.0 Å². The molecule has 0 radical (unpaired) electrons. The summed E-state index contributed by atoms with van der Waals surface area (Å²) < 4.78 is 0. The van der Waals surface area contributed by atoms with Crippen LogP contribution in [-0.4, -0.2) is 27.8 Å². The van der Waals surface area contributed by atoms with Crippen LogP contribution < -0.4 is 5.73 Å². The van der Waals surface area contributed by atoms with Crippen LogP contribution in [0, 0.1) is 0 Å². The van der Waals surface area contributed by atoms with Crippen LogP contribution in [0.25, 0.3) is 0 Å². The maximum atomic E-state index is 10.4. The van der Waals surface area contributed by atoms with Crippen LogP contribution in [0.5, 0.6) is 0 Å². The fraction of sp³-hybridized carbons (Fsp3) is 0.857. The molecule has 0 heterocycles. The number of carboxylic acids is 1. The molecule has 66 valence electrons. The van der Waals surface area contributed by atoms with Crippen LogP contribution in [0.15, 0.2) is 0 Å². The quantitative estimate of drug-likeness (QED) is 0.539. The van der Waals surface area contributed by atoms with Gasteiger partial charge in [-0.1, -0.05) is 0 Å². The zero-order valence-corrected chi connectivity index (χ0v) is 6.87. The Hall–Kier alpha value is -0.610. The van der Waals surface area contributed by atoms with Gasteiger partial charge >= 0.3 is 5.97 Å². The lowest BCUT2D eigenvalue weighted by Crippen LogP contribution is -2.45. The van der Waals surface area contributed by atoms with E-state index in [1.54, 1.807) is 6.92 Å². The predicted octanol–water partition coefficient (Wildman–Crippen LogP) is -0.0506. The fourth-order valence-electron chi connectivity index (χ4n) is 0.616. The molecule has 4 heteroatoms. The maximum Gasteiger partial charge on any atom is 0.323 e. The first-order valence-corrected chi connectivity index (χ1v) is 3.56. The van der Waals surface area contributed by atoms with E-state index in [0.717, 1.165) is 0 Å². The van der Waals surface area contributed by atoms with Crippen molar-refractivity contribution in [2.24, 2.45) is 5.73 Å². The Bertz CT molecular complexity index is 143. The van der Waals surface area contributed by atoms with Gasteiger partial charge in [-0.15, -0.1) is 0 Å². The van der Waals surface area contributed by atoms with Gasteiger partial charge in [-0.2, -0.15) is 0 Å². The Morgan fingerprint density at radius 1 is 1.73 bits per heavy atom. The van der Waals surface area contributed by atoms with E-state index in [2.05, 4.69) is 0 Å². The number of hydrogen-bond acceptors (Lipinski definition) is 3. The van der Waals surface area contributed by atoms with Gasteiger partial charge in [0, 0.05) is 0 Å². The van der Waals surface area contributed by atoms with Crippen LogP contribution in [0.3, 0.4) is 0 Å². The Morgan fingerprint density at radius 3 is 2.45 bits per heavy atom. The van der Waals surface area contributed by atoms with E-state index in [9.17, 15) is 4.79 Å². The second-order valence-corrected chi connectivity index (χ2v) is 3.11. The van der Waals surface area contributed by atoms with Crippen LogP contribution in [0.1, 0.15) is 26.7 Å². The van der Waals surface area contributed by atoms with Crippen molar-refractivity contribution in [2.75, 3.05) is 0 Å². The van der Waals surface area contributed by atoms with Gasteiger partial charge in [0.25, 0.3) is 0 Å². The number of carbonyl (C=O) groups is 1. The number of aliphatic hydroxyl groups excluding tert-OH is 1. The van der Waals surface area contributed by atoms with Crippen LogP contribution in [0.2, 0.25) is 0 Å². The van der Waals surface area contributed by atoms with Gasteiger partial charge < -0.3 is 15.9 Å². The van der Waals surface area contributed by atoms with Crippen LogP contribution in [-0.2, 0) is 4.79 Å². The minimum atomic E-state index is -1.21. The monoisotopic (exact) mass is 161 g/mol. The van der Waals surface area contributed by atoms with E-state index in [0.29, 0.717) is 12.8 Å². The predicted molar refractivity (Wildman–Crippen MR) is 41.1 cm³/mol. The zero-order valence-electron chi connectivity index (χ0n) is 6.87. The maximum absolute atomic E-state index is 10.4. The summed E-state index contributed by atoms with van der Waals surface area (Å²) >= 11 is 0. The van der Waals surface area contributed by atoms with E-state index < -0.39 is 17.6 Å². The number of nitrogens with two attached hydrogens (primary N) is 1. The summed E-state index contributed by atoms with van der Waals surface area (Å²) in [6.45, 7) is 3.05. The number of rotatable bonds is 4. The van der Waals surface area contributed by atoms with Crippen molar-refractivity contribution < 1.29 is 15.0 Å². The van der Waals surface area contributed by atoms with Gasteiger partial charge in [0.1, 0.15) is 5.54 Å². The average molecular weight is 161 g/mol. The van der Waals surface area contributed by atoms with Gasteiger partial charge in [0.05, 0.1) is 6.10 Å². The highest BCUT2D eigenvalue weighted by Gasteiger charge is 2.27. The molecule has 4 N–H and O–H groups in total. The van der Waals surface area contributed by atoms with E-state index in [4.69, 9.17) is 15.9 Å². The zero-order chi connectivity index (χ0) is 9.07. The molecular weight excluding hydrogens is 146 g/mol. The minimum absolute atomic E-state index is 0.292. The number of aliphatic carboxylic acids is 1. The SMILES string of the molecule is CC(O)CCC(C)(N)C(=O)O. The lowest BCUT2D eigenvalue weighted by Gasteiger charge is -2.19. The molecular formula is C7H15NO3. The van der Waals surface area contributed by atoms with E-state index in [-0.39, 0.29) is 0 Å². The number of carboxylic acid groups (broad SMARTS) is 1. The number of aliphatic hydroxyl groups is 1. The first kappa shape index (κ1) is 10.4. The topological polar surface area (TPSA) is 83.5 Å². The van der Waals surface area contributed by atoms with Crippen molar-refractivity contribution >= 4 is 5.97 Å². The summed E-state index contributed by atoms with van der Waals surface area (Å²) in [7, 11) is 0. The van der Waals surface area contributed by atoms with Crippen molar-refractivity contribution in [3.05, 3.63) is 0 Å². The molecule has 0 rings (SSSR count). The third kappa shape index (κ3) is 3.95. The molecule has 0 aliphatic heterocycles. The van der Waals surface area contributed by atoms with Gasteiger partial charge in [-0.3, -0.25) is 4.79 Å². The van der Waals surface area contributed by atoms with Crippen LogP contribution >= 0.6 is 0 Å². The second-order valence-electron chi connectivity index (χ2n) is 3.11. The first-order chi connectivity index (χ1) is 4.86. The molecule has 0 amide bonds. The standard InChI is InChI=1S/C7H15NO3/c1-5(9)3-4-7(2,8)6(10)11/h5,9H,3-4,8H2,1-2H3,(H,10,11). The average Bonchev–Trinajstić information content (AvgIpc) is 1.84. The molecule has 0 bridgehead atoms. The molecule has 0 spiro atoms. The molecule has 0 aliphatic carbocycles. The molecule has 4 nitrogen and oxygen atoms in total. The van der Waals surface area contributed by atoms with Crippen molar-refractivity contribution in [2.45, 2.75) is 38.3 Å². The molecule has 11 heavy (non-hydrogen) atoms. The van der Waals surface area contributed by atoms with Gasteiger partial charge in [-0.05, 0) is 26.7 Å². The summed E-state index contributed by atoms with van der Waals surface area (Å²) in [5.41, 5.74) is 4.19. The Balaban J connectivity index is 3.83. The van der Waals surface area contributed by atoms with Crippen molar-refractivity contribution in [1.82, 2.24) is 0 Å². The molecule has 0 aromatic rings. The van der Waals surface area contributed by atoms with Gasteiger partial charge in [-0.25, -0.2) is 0 Å². The molecule has 0 fully saturated rings. The van der Waals surface area contributed by atoms with E-state index in [1.807, 2.05) is 0 Å². The van der Waals surface area contributed by atoms with Gasteiger partial charge in [0.15, 0.2) is 0 Å². The Morgan fingerprint density at radius 2 is 2.18 bits per heavy atom. The molecule has 2 atom stereocenters. The molecule has 0 aliphatic rings. The van der Waals surface area contributed by atoms with Crippen LogP contribution in [0.4, 0.5) is 0 Å². The third-order valence-corrected chi connectivity index (χ3v) is 1.57. The third-order valence-electron chi connectivity index (χ3n) is 1.57. The van der Waals surface area contributed by atoms with Crippen molar-refractivity contribution in [3.63, 3.8) is 0 Å². The minimum Gasteiger partial charge on any atom is -0.480 e. The molecule has 0 aromatic carbocycles. The molecule has 0 saturated carbocycles. The molecule has 0 saturated heterocycles. The first-order valence-electron chi connectivity index (χ1n) is 3.56. The smallest absolute Gasteiger partial charge is 0.323 e.